The maximum atomic E-state index is 13.2. The van der Waals surface area contributed by atoms with Crippen LogP contribution < -0.4 is 10.1 Å². The Labute approximate surface area is 148 Å². The number of anilines is 2. The van der Waals surface area contributed by atoms with Crippen LogP contribution in [0.3, 0.4) is 0 Å². The summed E-state index contributed by atoms with van der Waals surface area (Å²) >= 11 is 0. The van der Waals surface area contributed by atoms with Gasteiger partial charge in [0.1, 0.15) is 17.3 Å². The fourth-order valence-electron chi connectivity index (χ4n) is 2.72. The van der Waals surface area contributed by atoms with Gasteiger partial charge in [-0.15, -0.1) is 0 Å². The van der Waals surface area contributed by atoms with Crippen molar-refractivity contribution in [3.05, 3.63) is 66.9 Å². The quantitative estimate of drug-likeness (QED) is 0.582. The molecule has 0 saturated carbocycles. The van der Waals surface area contributed by atoms with E-state index in [1.54, 1.807) is 48.9 Å². The fraction of sp³-hybridized carbons (Fsp3) is 0.0526. The van der Waals surface area contributed by atoms with Crippen LogP contribution in [0.25, 0.3) is 16.9 Å². The van der Waals surface area contributed by atoms with Gasteiger partial charge in [0.2, 0.25) is 0 Å². The predicted molar refractivity (Wildman–Crippen MR) is 96.3 cm³/mol. The summed E-state index contributed by atoms with van der Waals surface area (Å²) in [6.07, 6.45) is 5.10. The highest BCUT2D eigenvalue weighted by atomic mass is 19.1. The normalized spacial score (nSPS) is 10.8. The van der Waals surface area contributed by atoms with Crippen molar-refractivity contribution < 1.29 is 14.2 Å². The molecule has 4 aromatic rings. The van der Waals surface area contributed by atoms with Crippen LogP contribution in [-0.4, -0.2) is 26.6 Å². The number of imidazole rings is 1. The molecule has 7 heteroatoms. The number of methoxy groups -OCH3 is 1. The number of benzene rings is 2. The summed E-state index contributed by atoms with van der Waals surface area (Å²) in [6, 6.07) is 11.1. The third-order valence-electron chi connectivity index (χ3n) is 3.99. The Morgan fingerprint density at radius 3 is 2.73 bits per heavy atom. The summed E-state index contributed by atoms with van der Waals surface area (Å²) in [5.74, 6) is 0.795. The monoisotopic (exact) mass is 350 g/mol. The number of ether oxygens (including phenoxy) is 1. The highest BCUT2D eigenvalue weighted by Gasteiger charge is 2.16. The first kappa shape index (κ1) is 15.9. The van der Waals surface area contributed by atoms with Crippen molar-refractivity contribution in [3.63, 3.8) is 0 Å². The Balaban J connectivity index is 1.87. The number of halogens is 1. The van der Waals surface area contributed by atoms with Gasteiger partial charge in [0.25, 0.3) is 0 Å². The number of fused-ring (bicyclic) bond motifs is 1. The van der Waals surface area contributed by atoms with Crippen molar-refractivity contribution in [1.29, 1.82) is 0 Å². The summed E-state index contributed by atoms with van der Waals surface area (Å²) in [5, 5.41) is 13.1. The van der Waals surface area contributed by atoms with E-state index in [4.69, 9.17) is 4.74 Å². The summed E-state index contributed by atoms with van der Waals surface area (Å²) in [6.45, 7) is 0. The molecule has 0 aliphatic heterocycles. The van der Waals surface area contributed by atoms with E-state index in [0.717, 1.165) is 11.3 Å². The zero-order valence-electron chi connectivity index (χ0n) is 13.8. The van der Waals surface area contributed by atoms with Crippen LogP contribution in [0.5, 0.6) is 11.5 Å². The first-order chi connectivity index (χ1) is 12.7. The molecule has 2 aromatic carbocycles. The number of hydrogen-bond acceptors (Lipinski definition) is 5. The number of rotatable bonds is 4. The van der Waals surface area contributed by atoms with Crippen molar-refractivity contribution in [2.45, 2.75) is 0 Å². The molecule has 0 fully saturated rings. The molecule has 26 heavy (non-hydrogen) atoms. The van der Waals surface area contributed by atoms with Gasteiger partial charge < -0.3 is 15.2 Å². The van der Waals surface area contributed by atoms with Gasteiger partial charge in [-0.25, -0.2) is 9.37 Å². The Morgan fingerprint density at radius 1 is 1.15 bits per heavy atom. The lowest BCUT2D eigenvalue weighted by Gasteiger charge is -2.10. The zero-order chi connectivity index (χ0) is 18.1. The van der Waals surface area contributed by atoms with E-state index in [1.165, 1.54) is 19.2 Å². The minimum atomic E-state index is -0.304. The van der Waals surface area contributed by atoms with Crippen LogP contribution in [0.15, 0.2) is 61.1 Å². The molecule has 2 N–H and O–H groups in total. The molecule has 0 aliphatic carbocycles. The van der Waals surface area contributed by atoms with Gasteiger partial charge in [0.05, 0.1) is 13.3 Å². The number of phenolic OH excluding ortho intramolecular Hbond substituents is 1. The molecule has 2 aromatic heterocycles. The molecular formula is C19H15FN4O2. The highest BCUT2D eigenvalue weighted by molar-refractivity contribution is 5.80. The van der Waals surface area contributed by atoms with Crippen molar-refractivity contribution in [3.8, 4) is 22.8 Å². The molecule has 0 unspecified atom stereocenters. The Bertz CT molecular complexity index is 1080. The summed E-state index contributed by atoms with van der Waals surface area (Å²) < 4.78 is 20.2. The molecule has 130 valence electrons. The van der Waals surface area contributed by atoms with Crippen LogP contribution in [0.1, 0.15) is 0 Å². The average Bonchev–Trinajstić information content (AvgIpc) is 3.02. The van der Waals surface area contributed by atoms with E-state index in [2.05, 4.69) is 15.3 Å². The van der Waals surface area contributed by atoms with Crippen LogP contribution in [0.4, 0.5) is 15.9 Å². The lowest BCUT2D eigenvalue weighted by atomic mass is 10.1. The van der Waals surface area contributed by atoms with Crippen molar-refractivity contribution in [2.75, 3.05) is 12.4 Å². The second-order valence-electron chi connectivity index (χ2n) is 5.63. The molecule has 0 amide bonds. The number of aromatic hydroxyl groups is 1. The Morgan fingerprint density at radius 2 is 1.96 bits per heavy atom. The van der Waals surface area contributed by atoms with Crippen molar-refractivity contribution >= 4 is 17.2 Å². The second kappa shape index (κ2) is 6.36. The summed E-state index contributed by atoms with van der Waals surface area (Å²) in [7, 11) is 1.49. The first-order valence-electron chi connectivity index (χ1n) is 7.88. The third-order valence-corrected chi connectivity index (χ3v) is 3.99. The molecule has 0 bridgehead atoms. The topological polar surface area (TPSA) is 71.7 Å². The van der Waals surface area contributed by atoms with Gasteiger partial charge in [-0.2, -0.15) is 0 Å². The SMILES string of the molecule is COc1cc(-c2nc3cnccn3c2Nc2ccc(F)cc2)ccc1O. The van der Waals surface area contributed by atoms with E-state index in [0.29, 0.717) is 22.9 Å². The minimum Gasteiger partial charge on any atom is -0.504 e. The highest BCUT2D eigenvalue weighted by Crippen LogP contribution is 2.35. The number of hydrogen-bond donors (Lipinski definition) is 2. The standard InChI is InChI=1S/C19H15FN4O2/c1-26-16-10-12(2-7-15(16)25)18-19(22-14-5-3-13(20)4-6-14)24-9-8-21-11-17(24)23-18/h2-11,22,25H,1H3. The first-order valence-corrected chi connectivity index (χ1v) is 7.88. The largest absolute Gasteiger partial charge is 0.504 e. The minimum absolute atomic E-state index is 0.0507. The van der Waals surface area contributed by atoms with Crippen molar-refractivity contribution in [1.82, 2.24) is 14.4 Å². The van der Waals surface area contributed by atoms with Gasteiger partial charge in [0, 0.05) is 23.6 Å². The van der Waals surface area contributed by atoms with Gasteiger partial charge >= 0.3 is 0 Å². The predicted octanol–water partition coefficient (Wildman–Crippen LogP) is 3.99. The summed E-state index contributed by atoms with van der Waals surface area (Å²) in [5.41, 5.74) is 2.78. The molecule has 0 radical (unpaired) electrons. The molecule has 2 heterocycles. The number of nitrogens with one attached hydrogen (secondary N) is 1. The molecule has 0 spiro atoms. The molecule has 4 rings (SSSR count). The number of nitrogens with zero attached hydrogens (tertiary/aromatic N) is 3. The van der Waals surface area contributed by atoms with Gasteiger partial charge in [0.15, 0.2) is 17.1 Å². The smallest absolute Gasteiger partial charge is 0.161 e. The van der Waals surface area contributed by atoms with Crippen LogP contribution >= 0.6 is 0 Å². The molecular weight excluding hydrogens is 335 g/mol. The summed E-state index contributed by atoms with van der Waals surface area (Å²) in [4.78, 5) is 8.73. The van der Waals surface area contributed by atoms with E-state index in [-0.39, 0.29) is 11.6 Å². The van der Waals surface area contributed by atoms with Crippen LogP contribution in [0.2, 0.25) is 0 Å². The van der Waals surface area contributed by atoms with Crippen LogP contribution in [-0.2, 0) is 0 Å². The van der Waals surface area contributed by atoms with Crippen LogP contribution in [0, 0.1) is 5.82 Å². The Kier molecular flexibility index (Phi) is 3.89. The van der Waals surface area contributed by atoms with Crippen molar-refractivity contribution in [2.24, 2.45) is 0 Å². The molecule has 0 saturated heterocycles. The van der Waals surface area contributed by atoms with Gasteiger partial charge in [-0.05, 0) is 42.5 Å². The second-order valence-corrected chi connectivity index (χ2v) is 5.63. The third kappa shape index (κ3) is 2.79. The fourth-order valence-corrected chi connectivity index (χ4v) is 2.72. The van der Waals surface area contributed by atoms with E-state index < -0.39 is 0 Å². The molecule has 0 aliphatic rings. The molecule has 0 atom stereocenters. The maximum Gasteiger partial charge on any atom is 0.161 e. The Hall–Kier alpha value is -3.61. The maximum absolute atomic E-state index is 13.2. The average molecular weight is 350 g/mol. The molecule has 6 nitrogen and oxygen atoms in total. The lowest BCUT2D eigenvalue weighted by Crippen LogP contribution is -1.97. The van der Waals surface area contributed by atoms with E-state index in [9.17, 15) is 9.50 Å². The van der Waals surface area contributed by atoms with E-state index >= 15 is 0 Å². The van der Waals surface area contributed by atoms with Gasteiger partial charge in [-0.3, -0.25) is 9.38 Å². The number of phenols is 1. The zero-order valence-corrected chi connectivity index (χ0v) is 13.8. The van der Waals surface area contributed by atoms with Gasteiger partial charge in [-0.1, -0.05) is 0 Å². The van der Waals surface area contributed by atoms with E-state index in [1.807, 2.05) is 4.40 Å². The number of aromatic nitrogens is 3. The lowest BCUT2D eigenvalue weighted by molar-refractivity contribution is 0.373.